The van der Waals surface area contributed by atoms with Gasteiger partial charge in [0, 0.05) is 6.42 Å². The number of carbonyl (C=O) groups is 3. The summed E-state index contributed by atoms with van der Waals surface area (Å²) in [5, 5.41) is 15.2. The highest BCUT2D eigenvalue weighted by atomic mass is 16.4. The van der Waals surface area contributed by atoms with Gasteiger partial charge in [-0.25, -0.2) is 0 Å². The fraction of sp³-hybridized carbons (Fsp3) is 0.250. The molecule has 0 fully saturated rings. The summed E-state index contributed by atoms with van der Waals surface area (Å²) < 4.78 is 0. The number of rotatable bonds is 3. The Morgan fingerprint density at radius 2 is 1.81 bits per heavy atom. The second-order valence-electron chi connectivity index (χ2n) is 6.67. The predicted molar refractivity (Wildman–Crippen MR) is 95.0 cm³/mol. The summed E-state index contributed by atoms with van der Waals surface area (Å²) in [5.74, 6) is -1.93. The lowest BCUT2D eigenvalue weighted by molar-refractivity contribution is -0.138. The van der Waals surface area contributed by atoms with Gasteiger partial charge in [-0.2, -0.15) is 0 Å². The van der Waals surface area contributed by atoms with Crippen LogP contribution in [0.5, 0.6) is 0 Å². The van der Waals surface area contributed by atoms with Crippen molar-refractivity contribution >= 4 is 23.5 Å². The number of anilines is 1. The van der Waals surface area contributed by atoms with Gasteiger partial charge in [-0.05, 0) is 35.6 Å². The van der Waals surface area contributed by atoms with Crippen LogP contribution in [0.25, 0.3) is 0 Å². The summed E-state index contributed by atoms with van der Waals surface area (Å²) in [7, 11) is 0. The van der Waals surface area contributed by atoms with Crippen LogP contribution in [-0.2, 0) is 16.0 Å². The van der Waals surface area contributed by atoms with Gasteiger partial charge in [0.25, 0.3) is 5.91 Å². The molecule has 2 aliphatic rings. The molecule has 3 N–H and O–H groups in total. The fourth-order valence-corrected chi connectivity index (χ4v) is 3.84. The van der Waals surface area contributed by atoms with Crippen molar-refractivity contribution in [3.8, 4) is 0 Å². The number of carboxylic acids is 1. The van der Waals surface area contributed by atoms with E-state index in [0.717, 1.165) is 16.7 Å². The van der Waals surface area contributed by atoms with Gasteiger partial charge in [-0.15, -0.1) is 0 Å². The van der Waals surface area contributed by atoms with E-state index in [1.807, 2.05) is 24.3 Å². The lowest BCUT2D eigenvalue weighted by atomic mass is 9.98. The Hall–Kier alpha value is -3.15. The largest absolute Gasteiger partial charge is 0.481 e. The van der Waals surface area contributed by atoms with Crippen LogP contribution in [0, 0.1) is 0 Å². The molecule has 0 saturated heterocycles. The monoisotopic (exact) mass is 350 g/mol. The minimum absolute atomic E-state index is 0.102. The first-order valence-electron chi connectivity index (χ1n) is 8.59. The Balaban J connectivity index is 1.62. The Kier molecular flexibility index (Phi) is 3.95. The van der Waals surface area contributed by atoms with Crippen molar-refractivity contribution in [1.82, 2.24) is 5.32 Å². The topological polar surface area (TPSA) is 95.5 Å². The molecule has 4 rings (SSSR count). The molecule has 6 heteroatoms. The molecule has 2 atom stereocenters. The van der Waals surface area contributed by atoms with Crippen molar-refractivity contribution in [3.05, 3.63) is 64.7 Å². The van der Waals surface area contributed by atoms with Crippen LogP contribution in [0.3, 0.4) is 0 Å². The van der Waals surface area contributed by atoms with Crippen LogP contribution in [0.1, 0.15) is 51.8 Å². The van der Waals surface area contributed by atoms with Gasteiger partial charge in [0.1, 0.15) is 0 Å². The molecular formula is C20H18N2O4. The maximum atomic E-state index is 12.9. The summed E-state index contributed by atoms with van der Waals surface area (Å²) in [6, 6.07) is 12.3. The fourth-order valence-electron chi connectivity index (χ4n) is 3.84. The zero-order valence-corrected chi connectivity index (χ0v) is 14.0. The van der Waals surface area contributed by atoms with E-state index < -0.39 is 11.9 Å². The van der Waals surface area contributed by atoms with Crippen LogP contribution in [0.4, 0.5) is 5.69 Å². The Morgan fingerprint density at radius 3 is 2.58 bits per heavy atom. The van der Waals surface area contributed by atoms with Crippen molar-refractivity contribution in [1.29, 1.82) is 0 Å². The van der Waals surface area contributed by atoms with Crippen LogP contribution in [-0.4, -0.2) is 22.9 Å². The minimum Gasteiger partial charge on any atom is -0.481 e. The minimum atomic E-state index is -0.890. The molecule has 0 radical (unpaired) electrons. The summed E-state index contributed by atoms with van der Waals surface area (Å²) in [4.78, 5) is 36.1. The van der Waals surface area contributed by atoms with Gasteiger partial charge >= 0.3 is 5.97 Å². The summed E-state index contributed by atoms with van der Waals surface area (Å²) in [5.41, 5.74) is 3.48. The third kappa shape index (κ3) is 2.73. The van der Waals surface area contributed by atoms with Gasteiger partial charge < -0.3 is 15.7 Å². The second kappa shape index (κ2) is 6.29. The first-order valence-corrected chi connectivity index (χ1v) is 8.59. The number of fused-ring (bicyclic) bond motifs is 2. The molecule has 132 valence electrons. The molecule has 0 spiro atoms. The molecule has 0 bridgehead atoms. The Bertz CT molecular complexity index is 922. The van der Waals surface area contributed by atoms with Crippen molar-refractivity contribution < 1.29 is 19.5 Å². The normalized spacial score (nSPS) is 20.7. The molecule has 0 aromatic heterocycles. The molecule has 1 heterocycles. The highest BCUT2D eigenvalue weighted by Gasteiger charge is 2.36. The van der Waals surface area contributed by atoms with E-state index in [4.69, 9.17) is 0 Å². The van der Waals surface area contributed by atoms with E-state index in [9.17, 15) is 19.5 Å². The number of para-hydroxylation sites is 1. The zero-order valence-electron chi connectivity index (χ0n) is 14.0. The highest BCUT2D eigenvalue weighted by molar-refractivity contribution is 6.06. The number of hydrogen-bond donors (Lipinski definition) is 3. The number of benzene rings is 2. The van der Waals surface area contributed by atoms with Crippen LogP contribution in [0.2, 0.25) is 0 Å². The molecule has 2 aromatic carbocycles. The van der Waals surface area contributed by atoms with Crippen molar-refractivity contribution in [3.63, 3.8) is 0 Å². The van der Waals surface area contributed by atoms with E-state index in [-0.39, 0.29) is 17.9 Å². The van der Waals surface area contributed by atoms with Crippen molar-refractivity contribution in [2.75, 3.05) is 5.32 Å². The predicted octanol–water partition coefficient (Wildman–Crippen LogP) is 2.61. The maximum Gasteiger partial charge on any atom is 0.311 e. The van der Waals surface area contributed by atoms with Crippen molar-refractivity contribution in [2.24, 2.45) is 0 Å². The number of aliphatic carboxylic acids is 1. The molecule has 1 aliphatic heterocycles. The third-order valence-corrected chi connectivity index (χ3v) is 5.10. The maximum absolute atomic E-state index is 12.9. The molecule has 2 amide bonds. The molecule has 0 saturated carbocycles. The summed E-state index contributed by atoms with van der Waals surface area (Å²) in [6.45, 7) is 0. The molecule has 26 heavy (non-hydrogen) atoms. The second-order valence-corrected chi connectivity index (χ2v) is 6.67. The first kappa shape index (κ1) is 16.3. The van der Waals surface area contributed by atoms with Gasteiger partial charge in [0.2, 0.25) is 5.91 Å². The van der Waals surface area contributed by atoms with E-state index in [1.165, 1.54) is 0 Å². The Morgan fingerprint density at radius 1 is 1.04 bits per heavy atom. The van der Waals surface area contributed by atoms with E-state index in [2.05, 4.69) is 10.6 Å². The molecule has 1 aliphatic carbocycles. The molecule has 6 nitrogen and oxygen atoms in total. The van der Waals surface area contributed by atoms with Gasteiger partial charge in [-0.3, -0.25) is 14.4 Å². The summed E-state index contributed by atoms with van der Waals surface area (Å²) in [6.07, 6.45) is 1.34. The van der Waals surface area contributed by atoms with E-state index in [1.54, 1.807) is 18.2 Å². The first-order chi connectivity index (χ1) is 12.5. The van der Waals surface area contributed by atoms with Crippen LogP contribution >= 0.6 is 0 Å². The van der Waals surface area contributed by atoms with E-state index in [0.29, 0.717) is 30.5 Å². The van der Waals surface area contributed by atoms with Gasteiger partial charge in [0.15, 0.2) is 0 Å². The lowest BCUT2D eigenvalue weighted by Crippen LogP contribution is -2.30. The molecular weight excluding hydrogens is 332 g/mol. The number of nitrogens with one attached hydrogen (secondary N) is 2. The number of hydrogen-bond acceptors (Lipinski definition) is 3. The number of aryl methyl sites for hydroxylation is 1. The number of amides is 2. The Labute approximate surface area is 150 Å². The quantitative estimate of drug-likeness (QED) is 0.793. The summed E-state index contributed by atoms with van der Waals surface area (Å²) >= 11 is 0. The van der Waals surface area contributed by atoms with E-state index >= 15 is 0 Å². The van der Waals surface area contributed by atoms with Gasteiger partial charge in [-0.1, -0.05) is 36.4 Å². The molecule has 2 aromatic rings. The average Bonchev–Trinajstić information content (AvgIpc) is 3.00. The van der Waals surface area contributed by atoms with Crippen LogP contribution in [0.15, 0.2) is 42.5 Å². The molecule has 2 unspecified atom stereocenters. The number of carboxylic acid groups (broad SMARTS) is 1. The average molecular weight is 350 g/mol. The van der Waals surface area contributed by atoms with Crippen molar-refractivity contribution in [2.45, 2.75) is 31.2 Å². The zero-order chi connectivity index (χ0) is 18.3. The third-order valence-electron chi connectivity index (χ3n) is 5.10. The van der Waals surface area contributed by atoms with Crippen LogP contribution < -0.4 is 10.6 Å². The number of carbonyl (C=O) groups excluding carboxylic acids is 2. The SMILES string of the molecule is O=C1CCc2cccc(C(=O)NC3CC(C(=O)O)c4ccccc43)c2N1. The highest BCUT2D eigenvalue weighted by Crippen LogP contribution is 2.40. The standard InChI is InChI=1S/C20H18N2O4/c23-17-9-8-11-4-3-7-14(18(11)22-17)19(24)21-16-10-15(20(25)26)12-5-1-2-6-13(12)16/h1-7,15-16H,8-10H2,(H,21,24)(H,22,23)(H,25,26). The smallest absolute Gasteiger partial charge is 0.311 e. The van der Waals surface area contributed by atoms with Gasteiger partial charge in [0.05, 0.1) is 23.2 Å². The lowest BCUT2D eigenvalue weighted by Gasteiger charge is -2.21.